The molecule has 0 fully saturated rings. The van der Waals surface area contributed by atoms with E-state index in [0.717, 1.165) is 0 Å². The van der Waals surface area contributed by atoms with Gasteiger partial charge in [-0.1, -0.05) is 0 Å². The van der Waals surface area contributed by atoms with E-state index in [1.165, 1.54) is 6.08 Å². The van der Waals surface area contributed by atoms with E-state index >= 15 is 0 Å². The van der Waals surface area contributed by atoms with Gasteiger partial charge in [0.25, 0.3) is 0 Å². The van der Waals surface area contributed by atoms with Crippen molar-refractivity contribution in [2.75, 3.05) is 0 Å². The molecule has 0 aliphatic carbocycles. The average Bonchev–Trinajstić information content (AvgIpc) is 2.10. The lowest BCUT2D eigenvalue weighted by atomic mass is 10.5. The predicted molar refractivity (Wildman–Crippen MR) is 48.0 cm³/mol. The highest BCUT2D eigenvalue weighted by atomic mass is 79.9. The number of hydrogen-bond acceptors (Lipinski definition) is 2. The zero-order chi connectivity index (χ0) is 7.72. The van der Waals surface area contributed by atoms with Crippen molar-refractivity contribution in [3.05, 3.63) is 19.7 Å². The van der Waals surface area contributed by atoms with Gasteiger partial charge in [-0.05, 0) is 47.8 Å². The maximum absolute atomic E-state index is 10.6. The molecular formula is C5HBr3O2. The number of ether oxygens (including phenoxy) is 1. The fourth-order valence-electron chi connectivity index (χ4n) is 0.477. The van der Waals surface area contributed by atoms with Crippen molar-refractivity contribution in [1.29, 1.82) is 0 Å². The first-order valence-corrected chi connectivity index (χ1v) is 4.64. The zero-order valence-electron chi connectivity index (χ0n) is 4.53. The van der Waals surface area contributed by atoms with Crippen LogP contribution in [0.2, 0.25) is 0 Å². The van der Waals surface area contributed by atoms with Crippen LogP contribution in [0.1, 0.15) is 0 Å². The van der Waals surface area contributed by atoms with Crippen LogP contribution in [0.3, 0.4) is 0 Å². The third kappa shape index (κ3) is 1.71. The van der Waals surface area contributed by atoms with Gasteiger partial charge in [-0.3, -0.25) is 0 Å². The molecule has 5 heteroatoms. The Kier molecular flexibility index (Phi) is 2.71. The fraction of sp³-hybridized carbons (Fsp3) is 0. The van der Waals surface area contributed by atoms with Gasteiger partial charge in [-0.25, -0.2) is 4.79 Å². The van der Waals surface area contributed by atoms with Crippen molar-refractivity contribution in [3.8, 4) is 0 Å². The molecule has 0 saturated carbocycles. The van der Waals surface area contributed by atoms with E-state index in [1.54, 1.807) is 0 Å². The number of carbonyl (C=O) groups excluding carboxylic acids is 1. The monoisotopic (exact) mass is 330 g/mol. The van der Waals surface area contributed by atoms with Gasteiger partial charge in [-0.2, -0.15) is 0 Å². The minimum absolute atomic E-state index is 0.363. The Labute approximate surface area is 82.7 Å². The predicted octanol–water partition coefficient (Wildman–Crippen LogP) is 2.78. The Morgan fingerprint density at radius 3 is 2.30 bits per heavy atom. The molecule has 0 aromatic heterocycles. The Balaban J connectivity index is 2.99. The highest BCUT2D eigenvalue weighted by molar-refractivity contribution is 9.28. The zero-order valence-corrected chi connectivity index (χ0v) is 9.29. The van der Waals surface area contributed by atoms with Crippen LogP contribution in [0.5, 0.6) is 0 Å². The van der Waals surface area contributed by atoms with Gasteiger partial charge in [0.05, 0.1) is 4.48 Å². The molecule has 1 heterocycles. The van der Waals surface area contributed by atoms with Gasteiger partial charge < -0.3 is 4.74 Å². The summed E-state index contributed by atoms with van der Waals surface area (Å²) in [7, 11) is 0. The third-order valence-electron chi connectivity index (χ3n) is 0.836. The maximum Gasteiger partial charge on any atom is 0.337 e. The summed E-state index contributed by atoms with van der Waals surface area (Å²) in [6.45, 7) is 0. The summed E-state index contributed by atoms with van der Waals surface area (Å²) in [5.41, 5.74) is 0. The van der Waals surface area contributed by atoms with Crippen LogP contribution in [-0.2, 0) is 9.53 Å². The number of cyclic esters (lactones) is 1. The topological polar surface area (TPSA) is 26.3 Å². The van der Waals surface area contributed by atoms with Crippen LogP contribution >= 0.6 is 47.8 Å². The van der Waals surface area contributed by atoms with Crippen LogP contribution in [0.15, 0.2) is 19.7 Å². The lowest BCUT2D eigenvalue weighted by Gasteiger charge is -1.96. The highest BCUT2D eigenvalue weighted by Crippen LogP contribution is 2.32. The number of halogens is 3. The lowest BCUT2D eigenvalue weighted by molar-refractivity contribution is -0.132. The van der Waals surface area contributed by atoms with Gasteiger partial charge in [0.15, 0.2) is 5.76 Å². The van der Waals surface area contributed by atoms with E-state index in [1.807, 2.05) is 0 Å². The second kappa shape index (κ2) is 3.19. The quantitative estimate of drug-likeness (QED) is 0.638. The van der Waals surface area contributed by atoms with Crippen LogP contribution in [0.4, 0.5) is 0 Å². The molecule has 1 rings (SSSR count). The van der Waals surface area contributed by atoms with Crippen LogP contribution in [0, 0.1) is 0 Å². The first kappa shape index (κ1) is 8.49. The van der Waals surface area contributed by atoms with Crippen molar-refractivity contribution < 1.29 is 9.53 Å². The molecule has 0 saturated heterocycles. The van der Waals surface area contributed by atoms with Gasteiger partial charge in [-0.15, -0.1) is 0 Å². The lowest BCUT2D eigenvalue weighted by Crippen LogP contribution is -1.90. The van der Waals surface area contributed by atoms with E-state index < -0.39 is 0 Å². The Hall–Kier alpha value is 0.390. The fourth-order valence-corrected chi connectivity index (χ4v) is 2.06. The van der Waals surface area contributed by atoms with Crippen LogP contribution in [0.25, 0.3) is 0 Å². The van der Waals surface area contributed by atoms with Crippen molar-refractivity contribution in [3.63, 3.8) is 0 Å². The molecule has 0 bridgehead atoms. The Morgan fingerprint density at radius 2 is 2.10 bits per heavy atom. The molecule has 2 nitrogen and oxygen atoms in total. The first-order chi connectivity index (χ1) is 4.61. The maximum atomic E-state index is 10.6. The SMILES string of the molecule is O=C1C=C(Br)C(=C(Br)Br)O1. The summed E-state index contributed by atoms with van der Waals surface area (Å²) in [5, 5.41) is 0. The molecule has 1 aliphatic rings. The molecule has 0 N–H and O–H groups in total. The van der Waals surface area contributed by atoms with Crippen LogP contribution in [-0.4, -0.2) is 5.97 Å². The summed E-state index contributed by atoms with van der Waals surface area (Å²) in [4.78, 5) is 10.6. The van der Waals surface area contributed by atoms with Gasteiger partial charge in [0, 0.05) is 6.08 Å². The smallest absolute Gasteiger partial charge is 0.337 e. The van der Waals surface area contributed by atoms with Crippen molar-refractivity contribution in [2.45, 2.75) is 0 Å². The van der Waals surface area contributed by atoms with E-state index in [2.05, 4.69) is 47.8 Å². The Morgan fingerprint density at radius 1 is 1.50 bits per heavy atom. The highest BCUT2D eigenvalue weighted by Gasteiger charge is 2.19. The van der Waals surface area contributed by atoms with Crippen molar-refractivity contribution in [1.82, 2.24) is 0 Å². The van der Waals surface area contributed by atoms with Gasteiger partial charge >= 0.3 is 5.97 Å². The van der Waals surface area contributed by atoms with E-state index in [9.17, 15) is 4.79 Å². The third-order valence-corrected chi connectivity index (χ3v) is 2.15. The number of carbonyl (C=O) groups is 1. The van der Waals surface area contributed by atoms with Crippen LogP contribution < -0.4 is 0 Å². The molecule has 0 unspecified atom stereocenters. The van der Waals surface area contributed by atoms with Gasteiger partial charge in [0.1, 0.15) is 3.39 Å². The standard InChI is InChI=1S/C5HBr3O2/c6-2-1-3(9)10-4(2)5(7)8/h1H. The van der Waals surface area contributed by atoms with Gasteiger partial charge in [0.2, 0.25) is 0 Å². The van der Waals surface area contributed by atoms with E-state index in [4.69, 9.17) is 4.74 Å². The molecule has 0 spiro atoms. The summed E-state index contributed by atoms with van der Waals surface area (Å²) < 4.78 is 6.00. The Bertz CT molecular complexity index is 237. The summed E-state index contributed by atoms with van der Waals surface area (Å²) >= 11 is 9.38. The number of hydrogen-bond donors (Lipinski definition) is 0. The molecular weight excluding hydrogens is 332 g/mol. The van der Waals surface area contributed by atoms with Crippen molar-refractivity contribution in [2.24, 2.45) is 0 Å². The largest absolute Gasteiger partial charge is 0.420 e. The summed E-state index contributed by atoms with van der Waals surface area (Å²) in [6.07, 6.45) is 1.36. The molecule has 54 valence electrons. The minimum Gasteiger partial charge on any atom is -0.420 e. The molecule has 10 heavy (non-hydrogen) atoms. The van der Waals surface area contributed by atoms with E-state index in [-0.39, 0.29) is 5.97 Å². The van der Waals surface area contributed by atoms with Crippen molar-refractivity contribution >= 4 is 53.8 Å². The molecule has 0 amide bonds. The second-order valence-electron chi connectivity index (χ2n) is 1.50. The second-order valence-corrected chi connectivity index (χ2v) is 5.01. The molecule has 1 aliphatic heterocycles. The summed E-state index contributed by atoms with van der Waals surface area (Å²) in [6, 6.07) is 0. The molecule has 0 radical (unpaired) electrons. The average molecular weight is 333 g/mol. The number of esters is 1. The van der Waals surface area contributed by atoms with E-state index in [0.29, 0.717) is 13.6 Å². The minimum atomic E-state index is -0.363. The summed E-state index contributed by atoms with van der Waals surface area (Å²) in [5.74, 6) is 0.114. The molecule has 0 atom stereocenters. The molecule has 0 aromatic carbocycles. The number of rotatable bonds is 0. The normalized spacial score (nSPS) is 16.9. The number of allylic oxidation sites excluding steroid dienone is 1. The molecule has 0 aromatic rings. The first-order valence-electron chi connectivity index (χ1n) is 2.26.